The molecule has 2 aromatic heterocycles. The predicted octanol–water partition coefficient (Wildman–Crippen LogP) is 3.02. The molecule has 0 aromatic carbocycles. The van der Waals surface area contributed by atoms with Crippen LogP contribution in [0.15, 0.2) is 36.8 Å². The fraction of sp³-hybridized carbons (Fsp3) is 0.0909. The Bertz CT molecular complexity index is 459. The zero-order valence-electron chi connectivity index (χ0n) is 7.82. The van der Waals surface area contributed by atoms with Crippen molar-refractivity contribution in [3.05, 3.63) is 48.2 Å². The zero-order valence-corrected chi connectivity index (χ0v) is 8.58. The van der Waals surface area contributed by atoms with Crippen molar-refractivity contribution in [1.29, 1.82) is 0 Å². The Kier molecular flexibility index (Phi) is 2.92. The highest BCUT2D eigenvalue weighted by Crippen LogP contribution is 2.22. The Morgan fingerprint density at radius 1 is 1.27 bits per heavy atom. The lowest BCUT2D eigenvalue weighted by Crippen LogP contribution is -1.92. The lowest BCUT2D eigenvalue weighted by atomic mass is 10.1. The molecule has 0 bridgehead atoms. The first kappa shape index (κ1) is 10.1. The lowest BCUT2D eigenvalue weighted by Gasteiger charge is -2.05. The van der Waals surface area contributed by atoms with Crippen LogP contribution in [0.25, 0.3) is 11.3 Å². The molecule has 76 valence electrons. The summed E-state index contributed by atoms with van der Waals surface area (Å²) in [6.45, 7) is 0. The molecule has 0 aliphatic rings. The molecule has 0 atom stereocenters. The van der Waals surface area contributed by atoms with Crippen LogP contribution in [0.3, 0.4) is 0 Å². The van der Waals surface area contributed by atoms with E-state index < -0.39 is 0 Å². The van der Waals surface area contributed by atoms with E-state index in [4.69, 9.17) is 11.6 Å². The Hall–Kier alpha value is -1.48. The molecule has 0 spiro atoms. The molecule has 0 unspecified atom stereocenters. The maximum absolute atomic E-state index is 12.9. The fourth-order valence-electron chi connectivity index (χ4n) is 1.35. The first-order chi connectivity index (χ1) is 7.31. The van der Waals surface area contributed by atoms with Crippen LogP contribution in [0.1, 0.15) is 5.56 Å². The van der Waals surface area contributed by atoms with Crippen molar-refractivity contribution < 1.29 is 4.39 Å². The average molecular weight is 223 g/mol. The van der Waals surface area contributed by atoms with E-state index in [0.29, 0.717) is 11.3 Å². The second-order valence-corrected chi connectivity index (χ2v) is 3.30. The lowest BCUT2D eigenvalue weighted by molar-refractivity contribution is 0.620. The third kappa shape index (κ3) is 2.13. The SMILES string of the molecule is Fc1cnc(-c2ccncc2)c(CCl)c1. The van der Waals surface area contributed by atoms with Crippen molar-refractivity contribution in [3.8, 4) is 11.3 Å². The highest BCUT2D eigenvalue weighted by molar-refractivity contribution is 6.17. The zero-order chi connectivity index (χ0) is 10.7. The summed E-state index contributed by atoms with van der Waals surface area (Å²) in [5.74, 6) is -0.133. The van der Waals surface area contributed by atoms with E-state index in [0.717, 1.165) is 5.56 Å². The van der Waals surface area contributed by atoms with Crippen LogP contribution in [0.5, 0.6) is 0 Å². The van der Waals surface area contributed by atoms with Gasteiger partial charge in [-0.05, 0) is 23.8 Å². The summed E-state index contributed by atoms with van der Waals surface area (Å²) >= 11 is 5.73. The van der Waals surface area contributed by atoms with Gasteiger partial charge in [-0.1, -0.05) is 0 Å². The van der Waals surface area contributed by atoms with E-state index in [9.17, 15) is 4.39 Å². The van der Waals surface area contributed by atoms with E-state index in [-0.39, 0.29) is 11.7 Å². The van der Waals surface area contributed by atoms with E-state index in [2.05, 4.69) is 9.97 Å². The van der Waals surface area contributed by atoms with Crippen molar-refractivity contribution in [1.82, 2.24) is 9.97 Å². The normalized spacial score (nSPS) is 10.3. The average Bonchev–Trinajstić information content (AvgIpc) is 2.30. The Balaban J connectivity index is 2.53. The minimum Gasteiger partial charge on any atom is -0.265 e. The summed E-state index contributed by atoms with van der Waals surface area (Å²) < 4.78 is 12.9. The highest BCUT2D eigenvalue weighted by Gasteiger charge is 2.06. The Morgan fingerprint density at radius 2 is 2.00 bits per heavy atom. The van der Waals surface area contributed by atoms with Gasteiger partial charge >= 0.3 is 0 Å². The minimum atomic E-state index is -0.372. The van der Waals surface area contributed by atoms with Crippen LogP contribution in [-0.2, 0) is 5.88 Å². The van der Waals surface area contributed by atoms with Gasteiger partial charge in [0, 0.05) is 23.8 Å². The molecule has 2 rings (SSSR count). The first-order valence-corrected chi connectivity index (χ1v) is 4.95. The van der Waals surface area contributed by atoms with Crippen molar-refractivity contribution in [2.45, 2.75) is 5.88 Å². The number of nitrogens with zero attached hydrogens (tertiary/aromatic N) is 2. The Labute approximate surface area is 91.8 Å². The summed E-state index contributed by atoms with van der Waals surface area (Å²) in [7, 11) is 0. The number of hydrogen-bond acceptors (Lipinski definition) is 2. The van der Waals surface area contributed by atoms with E-state index >= 15 is 0 Å². The van der Waals surface area contributed by atoms with Gasteiger partial charge < -0.3 is 0 Å². The van der Waals surface area contributed by atoms with Crippen molar-refractivity contribution in [3.63, 3.8) is 0 Å². The predicted molar refractivity (Wildman–Crippen MR) is 57.0 cm³/mol. The number of alkyl halides is 1. The quantitative estimate of drug-likeness (QED) is 0.730. The molecule has 0 saturated carbocycles. The van der Waals surface area contributed by atoms with Crippen LogP contribution in [-0.4, -0.2) is 9.97 Å². The second kappa shape index (κ2) is 4.36. The van der Waals surface area contributed by atoms with Gasteiger partial charge in [-0.2, -0.15) is 0 Å². The third-order valence-electron chi connectivity index (χ3n) is 2.03. The van der Waals surface area contributed by atoms with Gasteiger partial charge in [0.25, 0.3) is 0 Å². The van der Waals surface area contributed by atoms with E-state index in [1.54, 1.807) is 12.4 Å². The minimum absolute atomic E-state index is 0.239. The van der Waals surface area contributed by atoms with Crippen molar-refractivity contribution >= 4 is 11.6 Å². The van der Waals surface area contributed by atoms with Gasteiger partial charge in [0.1, 0.15) is 5.82 Å². The third-order valence-corrected chi connectivity index (χ3v) is 2.32. The maximum atomic E-state index is 12.9. The van der Waals surface area contributed by atoms with E-state index in [1.165, 1.54) is 12.3 Å². The molecule has 15 heavy (non-hydrogen) atoms. The van der Waals surface area contributed by atoms with Crippen LogP contribution >= 0.6 is 11.6 Å². The summed E-state index contributed by atoms with van der Waals surface area (Å²) in [5, 5.41) is 0. The number of aromatic nitrogens is 2. The molecular formula is C11H8ClFN2. The number of halogens is 2. The highest BCUT2D eigenvalue weighted by atomic mass is 35.5. The largest absolute Gasteiger partial charge is 0.265 e. The van der Waals surface area contributed by atoms with Crippen LogP contribution in [0, 0.1) is 5.82 Å². The number of pyridine rings is 2. The molecule has 0 radical (unpaired) electrons. The van der Waals surface area contributed by atoms with Crippen molar-refractivity contribution in [2.75, 3.05) is 0 Å². The molecule has 0 N–H and O–H groups in total. The van der Waals surface area contributed by atoms with Gasteiger partial charge in [-0.3, -0.25) is 9.97 Å². The molecule has 2 heterocycles. The summed E-state index contributed by atoms with van der Waals surface area (Å²) in [5.41, 5.74) is 2.28. The first-order valence-electron chi connectivity index (χ1n) is 4.42. The van der Waals surface area contributed by atoms with Crippen LogP contribution in [0.4, 0.5) is 4.39 Å². The van der Waals surface area contributed by atoms with Gasteiger partial charge in [0.05, 0.1) is 11.9 Å². The molecule has 0 fully saturated rings. The van der Waals surface area contributed by atoms with Gasteiger partial charge in [0.2, 0.25) is 0 Å². The number of hydrogen-bond donors (Lipinski definition) is 0. The maximum Gasteiger partial charge on any atom is 0.141 e. The molecule has 4 heteroatoms. The fourth-order valence-corrected chi connectivity index (χ4v) is 1.56. The van der Waals surface area contributed by atoms with Gasteiger partial charge in [-0.15, -0.1) is 11.6 Å². The molecular weight excluding hydrogens is 215 g/mol. The van der Waals surface area contributed by atoms with Crippen molar-refractivity contribution in [2.24, 2.45) is 0 Å². The smallest absolute Gasteiger partial charge is 0.141 e. The summed E-state index contributed by atoms with van der Waals surface area (Å²) in [6, 6.07) is 5.03. The van der Waals surface area contributed by atoms with E-state index in [1.807, 2.05) is 12.1 Å². The number of rotatable bonds is 2. The molecule has 2 aromatic rings. The second-order valence-electron chi connectivity index (χ2n) is 3.03. The summed E-state index contributed by atoms with van der Waals surface area (Å²) in [4.78, 5) is 7.94. The molecule has 2 nitrogen and oxygen atoms in total. The van der Waals surface area contributed by atoms with Crippen LogP contribution < -0.4 is 0 Å². The molecule has 0 aliphatic heterocycles. The summed E-state index contributed by atoms with van der Waals surface area (Å²) in [6.07, 6.45) is 4.52. The monoisotopic (exact) mass is 222 g/mol. The molecule has 0 saturated heterocycles. The topological polar surface area (TPSA) is 25.8 Å². The van der Waals surface area contributed by atoms with Crippen LogP contribution in [0.2, 0.25) is 0 Å². The molecule has 0 amide bonds. The van der Waals surface area contributed by atoms with Gasteiger partial charge in [-0.25, -0.2) is 4.39 Å². The standard InChI is InChI=1S/C11H8ClFN2/c12-6-9-5-10(13)7-15-11(9)8-1-3-14-4-2-8/h1-5,7H,6H2. The van der Waals surface area contributed by atoms with Gasteiger partial charge in [0.15, 0.2) is 0 Å². The molecule has 0 aliphatic carbocycles. The Morgan fingerprint density at radius 3 is 2.67 bits per heavy atom.